The molecule has 0 saturated carbocycles. The molecule has 0 amide bonds. The van der Waals surface area contributed by atoms with Crippen LogP contribution in [0.1, 0.15) is 25.3 Å². The first-order valence-electron chi connectivity index (χ1n) is 5.12. The van der Waals surface area contributed by atoms with Gasteiger partial charge in [-0.3, -0.25) is 0 Å². The number of hydroxylamine groups is 1. The Balaban J connectivity index is 2.49. The zero-order valence-electron chi connectivity index (χ0n) is 9.06. The van der Waals surface area contributed by atoms with Gasteiger partial charge in [0, 0.05) is 19.8 Å². The Kier molecular flexibility index (Phi) is 2.39. The summed E-state index contributed by atoms with van der Waals surface area (Å²) in [7, 11) is 1.63. The van der Waals surface area contributed by atoms with Gasteiger partial charge in [0.05, 0.1) is 12.7 Å². The smallest absolute Gasteiger partial charge is 0.199 e. The zero-order chi connectivity index (χ0) is 10.9. The standard InChI is InChI=1S/C12H15NO2/c1-12(8-5-9-13(12)14)10-6-3-4-7-11(10)15-2/h3-4,6-7,9H,5,8H2,1-2H3. The van der Waals surface area contributed by atoms with Crippen molar-refractivity contribution in [2.75, 3.05) is 7.11 Å². The van der Waals surface area contributed by atoms with Gasteiger partial charge >= 0.3 is 0 Å². The van der Waals surface area contributed by atoms with E-state index in [-0.39, 0.29) is 0 Å². The summed E-state index contributed by atoms with van der Waals surface area (Å²) in [5.41, 5.74) is 0.503. The Morgan fingerprint density at radius 1 is 1.40 bits per heavy atom. The summed E-state index contributed by atoms with van der Waals surface area (Å²) >= 11 is 0. The predicted octanol–water partition coefficient (Wildman–Crippen LogP) is 2.29. The fraction of sp³-hybridized carbons (Fsp3) is 0.417. The Labute approximate surface area is 89.6 Å². The molecule has 0 fully saturated rings. The van der Waals surface area contributed by atoms with E-state index in [1.54, 1.807) is 13.3 Å². The number of hydrogen-bond donors (Lipinski definition) is 0. The highest BCUT2D eigenvalue weighted by Crippen LogP contribution is 2.37. The van der Waals surface area contributed by atoms with Crippen molar-refractivity contribution in [3.8, 4) is 5.75 Å². The maximum Gasteiger partial charge on any atom is 0.199 e. The number of para-hydroxylation sites is 1. The molecule has 0 aliphatic carbocycles. The topological polar surface area (TPSA) is 35.3 Å². The van der Waals surface area contributed by atoms with E-state index in [4.69, 9.17) is 4.74 Å². The minimum Gasteiger partial charge on any atom is -0.623 e. The van der Waals surface area contributed by atoms with Crippen LogP contribution in [0.4, 0.5) is 0 Å². The van der Waals surface area contributed by atoms with Crippen molar-refractivity contribution in [3.05, 3.63) is 35.0 Å². The maximum absolute atomic E-state index is 11.8. The van der Waals surface area contributed by atoms with Crippen LogP contribution in [0.5, 0.6) is 5.75 Å². The number of methoxy groups -OCH3 is 1. The van der Waals surface area contributed by atoms with Crippen LogP contribution >= 0.6 is 0 Å². The molecule has 1 aliphatic rings. The Bertz CT molecular complexity index is 400. The van der Waals surface area contributed by atoms with Gasteiger partial charge in [0.1, 0.15) is 5.75 Å². The van der Waals surface area contributed by atoms with Gasteiger partial charge in [0.15, 0.2) is 11.8 Å². The van der Waals surface area contributed by atoms with Gasteiger partial charge in [-0.25, -0.2) is 4.74 Å². The van der Waals surface area contributed by atoms with Crippen LogP contribution in [0.2, 0.25) is 0 Å². The van der Waals surface area contributed by atoms with E-state index >= 15 is 0 Å². The van der Waals surface area contributed by atoms with Crippen LogP contribution in [0.15, 0.2) is 24.3 Å². The average Bonchev–Trinajstić information content (AvgIpc) is 2.60. The van der Waals surface area contributed by atoms with Crippen LogP contribution in [0, 0.1) is 5.21 Å². The number of ether oxygens (including phenoxy) is 1. The van der Waals surface area contributed by atoms with Gasteiger partial charge in [-0.2, -0.15) is 0 Å². The van der Waals surface area contributed by atoms with Gasteiger partial charge in [0.25, 0.3) is 0 Å². The van der Waals surface area contributed by atoms with Crippen LogP contribution < -0.4 is 4.74 Å². The fourth-order valence-corrected chi connectivity index (χ4v) is 2.12. The third-order valence-electron chi connectivity index (χ3n) is 3.10. The monoisotopic (exact) mass is 205 g/mol. The summed E-state index contributed by atoms with van der Waals surface area (Å²) in [4.78, 5) is 0. The largest absolute Gasteiger partial charge is 0.623 e. The third kappa shape index (κ3) is 1.48. The second-order valence-electron chi connectivity index (χ2n) is 4.02. The molecule has 3 nitrogen and oxygen atoms in total. The molecular formula is C12H15NO2. The number of rotatable bonds is 2. The molecular weight excluding hydrogens is 190 g/mol. The maximum atomic E-state index is 11.8. The second-order valence-corrected chi connectivity index (χ2v) is 4.02. The Morgan fingerprint density at radius 3 is 2.73 bits per heavy atom. The Hall–Kier alpha value is -1.51. The molecule has 0 bridgehead atoms. The first-order valence-corrected chi connectivity index (χ1v) is 5.12. The number of benzene rings is 1. The lowest BCUT2D eigenvalue weighted by Crippen LogP contribution is -2.29. The van der Waals surface area contributed by atoms with Gasteiger partial charge in [0.2, 0.25) is 0 Å². The molecule has 1 unspecified atom stereocenters. The highest BCUT2D eigenvalue weighted by atomic mass is 16.5. The predicted molar refractivity (Wildman–Crippen MR) is 59.3 cm³/mol. The highest BCUT2D eigenvalue weighted by Gasteiger charge is 2.40. The molecule has 0 radical (unpaired) electrons. The molecule has 80 valence electrons. The van der Waals surface area contributed by atoms with Crippen molar-refractivity contribution >= 4 is 6.21 Å². The van der Waals surface area contributed by atoms with E-state index in [2.05, 4.69) is 0 Å². The van der Waals surface area contributed by atoms with Crippen molar-refractivity contribution in [2.45, 2.75) is 25.3 Å². The minimum absolute atomic E-state index is 0.466. The van der Waals surface area contributed by atoms with Crippen molar-refractivity contribution in [1.29, 1.82) is 0 Å². The average molecular weight is 205 g/mol. The molecule has 1 heterocycles. The van der Waals surface area contributed by atoms with E-state index in [1.807, 2.05) is 31.2 Å². The first kappa shape index (κ1) is 10.0. The van der Waals surface area contributed by atoms with Gasteiger partial charge in [-0.15, -0.1) is 0 Å². The summed E-state index contributed by atoms with van der Waals surface area (Å²) in [6.45, 7) is 1.96. The molecule has 1 aromatic carbocycles. The molecule has 2 rings (SSSR count). The summed E-state index contributed by atoms with van der Waals surface area (Å²) in [6, 6.07) is 7.71. The molecule has 1 aliphatic heterocycles. The van der Waals surface area contributed by atoms with Crippen LogP contribution in [-0.4, -0.2) is 18.1 Å². The van der Waals surface area contributed by atoms with E-state index < -0.39 is 5.54 Å². The van der Waals surface area contributed by atoms with E-state index in [1.165, 1.54) is 0 Å². The highest BCUT2D eigenvalue weighted by molar-refractivity contribution is 5.55. The molecule has 15 heavy (non-hydrogen) atoms. The SMILES string of the molecule is COc1ccccc1C1(C)CCC=[N+]1[O-]. The molecule has 3 heteroatoms. The quantitative estimate of drug-likeness (QED) is 0.548. The lowest BCUT2D eigenvalue weighted by molar-refractivity contribution is -0.542. The van der Waals surface area contributed by atoms with Crippen molar-refractivity contribution in [1.82, 2.24) is 0 Å². The molecule has 0 spiro atoms. The van der Waals surface area contributed by atoms with Crippen LogP contribution in [-0.2, 0) is 5.54 Å². The normalized spacial score (nSPS) is 25.1. The molecule has 1 atom stereocenters. The summed E-state index contributed by atoms with van der Waals surface area (Å²) in [6.07, 6.45) is 3.38. The zero-order valence-corrected chi connectivity index (χ0v) is 9.06. The minimum atomic E-state index is -0.466. The lowest BCUT2D eigenvalue weighted by atomic mass is 9.89. The molecule has 0 saturated heterocycles. The fourth-order valence-electron chi connectivity index (χ4n) is 2.12. The van der Waals surface area contributed by atoms with Crippen molar-refractivity contribution in [3.63, 3.8) is 0 Å². The number of nitrogens with zero attached hydrogens (tertiary/aromatic N) is 1. The second kappa shape index (κ2) is 3.57. The van der Waals surface area contributed by atoms with E-state index in [0.29, 0.717) is 0 Å². The van der Waals surface area contributed by atoms with Crippen molar-refractivity contribution in [2.24, 2.45) is 0 Å². The van der Waals surface area contributed by atoms with Gasteiger partial charge < -0.3 is 9.94 Å². The van der Waals surface area contributed by atoms with Crippen molar-refractivity contribution < 1.29 is 9.48 Å². The van der Waals surface area contributed by atoms with Gasteiger partial charge in [-0.05, 0) is 12.1 Å². The molecule has 0 aromatic heterocycles. The number of hydrogen-bond acceptors (Lipinski definition) is 2. The summed E-state index contributed by atoms with van der Waals surface area (Å²) in [5, 5.41) is 11.8. The summed E-state index contributed by atoms with van der Waals surface area (Å²) < 4.78 is 6.34. The van der Waals surface area contributed by atoms with Crippen LogP contribution in [0.25, 0.3) is 0 Å². The van der Waals surface area contributed by atoms with E-state index in [0.717, 1.165) is 28.9 Å². The molecule has 0 N–H and O–H groups in total. The Morgan fingerprint density at radius 2 is 2.13 bits per heavy atom. The summed E-state index contributed by atoms with van der Waals surface area (Å²) in [5.74, 6) is 0.788. The van der Waals surface area contributed by atoms with Crippen LogP contribution in [0.3, 0.4) is 0 Å². The third-order valence-corrected chi connectivity index (χ3v) is 3.10. The van der Waals surface area contributed by atoms with E-state index in [9.17, 15) is 5.21 Å². The lowest BCUT2D eigenvalue weighted by Gasteiger charge is -2.25. The molecule has 1 aromatic rings. The first-order chi connectivity index (χ1) is 7.18. The van der Waals surface area contributed by atoms with Gasteiger partial charge in [-0.1, -0.05) is 12.1 Å².